The summed E-state index contributed by atoms with van der Waals surface area (Å²) in [6.45, 7) is 1.67. The Labute approximate surface area is 198 Å². The van der Waals surface area contributed by atoms with E-state index in [1.54, 1.807) is 17.6 Å². The number of carbonyl (C=O) groups excluding carboxylic acids is 1. The molecule has 1 N–H and O–H groups in total. The summed E-state index contributed by atoms with van der Waals surface area (Å²) in [6.07, 6.45) is 9.10. The number of benzene rings is 1. The Kier molecular flexibility index (Phi) is 8.03. The molecule has 34 heavy (non-hydrogen) atoms. The fourth-order valence-corrected chi connectivity index (χ4v) is 5.20. The molecule has 0 atom stereocenters. The maximum Gasteiger partial charge on any atom is 0.332 e. The Balaban J connectivity index is 1.68. The first kappa shape index (κ1) is 24.4. The smallest absolute Gasteiger partial charge is 0.332 e. The number of nitrogens with zero attached hydrogens (tertiary/aromatic N) is 2. The van der Waals surface area contributed by atoms with Gasteiger partial charge in [0.05, 0.1) is 36.3 Å². The molecule has 0 aliphatic heterocycles. The van der Waals surface area contributed by atoms with E-state index in [0.29, 0.717) is 11.2 Å². The average Bonchev–Trinajstić information content (AvgIpc) is 3.35. The molecular weight excluding hydrogens is 441 g/mol. The lowest BCUT2D eigenvalue weighted by Crippen LogP contribution is -2.42. The number of fused-ring (bicyclic) bond motifs is 1. The lowest BCUT2D eigenvalue weighted by atomic mass is 9.95. The van der Waals surface area contributed by atoms with Crippen molar-refractivity contribution in [1.29, 1.82) is 0 Å². The highest BCUT2D eigenvalue weighted by Gasteiger charge is 2.25. The number of carbonyl (C=O) groups is 1. The third-order valence-corrected chi connectivity index (χ3v) is 6.90. The average molecular weight is 476 g/mol. The lowest BCUT2D eigenvalue weighted by molar-refractivity contribution is -0.148. The second-order valence-corrected chi connectivity index (χ2v) is 9.23. The lowest BCUT2D eigenvalue weighted by Gasteiger charge is -2.25. The normalized spacial score (nSPS) is 17.4. The molecule has 0 spiro atoms. The Morgan fingerprint density at radius 2 is 1.79 bits per heavy atom. The van der Waals surface area contributed by atoms with E-state index in [4.69, 9.17) is 9.47 Å². The van der Waals surface area contributed by atoms with Crippen molar-refractivity contribution in [2.24, 2.45) is 0 Å². The number of esters is 1. The minimum Gasteiger partial charge on any atom is -0.464 e. The summed E-state index contributed by atoms with van der Waals surface area (Å²) in [4.78, 5) is 38.2. The van der Waals surface area contributed by atoms with E-state index in [9.17, 15) is 14.4 Å². The van der Waals surface area contributed by atoms with E-state index in [1.165, 1.54) is 12.5 Å². The Bertz CT molecular complexity index is 1130. The summed E-state index contributed by atoms with van der Waals surface area (Å²) in [6, 6.07) is 3.06. The summed E-state index contributed by atoms with van der Waals surface area (Å²) in [7, 11) is 0. The monoisotopic (exact) mass is 475 g/mol. The van der Waals surface area contributed by atoms with Crippen LogP contribution in [-0.4, -0.2) is 41.0 Å². The largest absolute Gasteiger partial charge is 0.464 e. The van der Waals surface area contributed by atoms with E-state index in [-0.39, 0.29) is 43.8 Å². The van der Waals surface area contributed by atoms with Crippen molar-refractivity contribution in [3.05, 3.63) is 38.8 Å². The first-order valence-electron chi connectivity index (χ1n) is 12.5. The molecule has 1 heterocycles. The molecule has 1 aromatic heterocycles. The number of nitrogens with one attached hydrogen (secondary N) is 1. The van der Waals surface area contributed by atoms with Crippen molar-refractivity contribution in [3.8, 4) is 0 Å². The van der Waals surface area contributed by atoms with Crippen molar-refractivity contribution in [1.82, 2.24) is 9.13 Å². The van der Waals surface area contributed by atoms with E-state index in [0.717, 1.165) is 55.9 Å². The summed E-state index contributed by atoms with van der Waals surface area (Å²) < 4.78 is 28.0. The highest BCUT2D eigenvalue weighted by Crippen LogP contribution is 2.32. The van der Waals surface area contributed by atoms with Crippen LogP contribution in [0.5, 0.6) is 0 Å². The molecule has 0 unspecified atom stereocenters. The molecule has 0 bridgehead atoms. The molecule has 0 radical (unpaired) electrons. The third-order valence-electron chi connectivity index (χ3n) is 6.90. The zero-order chi connectivity index (χ0) is 24.1. The molecule has 9 heteroatoms. The quantitative estimate of drug-likeness (QED) is 0.439. The standard InChI is InChI=1S/C25H34FN3O5/c1-2-34-23(30)16-33-13-12-28-24(31)19-14-20(26)21(27-17-8-4-3-5-9-17)15-22(19)29(25(28)32)18-10-6-7-11-18/h14-15,17-18,27H,2-13,16H2,1H3. The Hall–Kier alpha value is -2.68. The van der Waals surface area contributed by atoms with Crippen LogP contribution in [0.3, 0.4) is 0 Å². The van der Waals surface area contributed by atoms with Gasteiger partial charge in [-0.3, -0.25) is 13.9 Å². The zero-order valence-corrected chi connectivity index (χ0v) is 19.8. The highest BCUT2D eigenvalue weighted by atomic mass is 19.1. The number of hydrogen-bond acceptors (Lipinski definition) is 6. The first-order valence-corrected chi connectivity index (χ1v) is 12.5. The number of anilines is 1. The highest BCUT2D eigenvalue weighted by molar-refractivity contribution is 5.82. The fourth-order valence-electron chi connectivity index (χ4n) is 5.20. The van der Waals surface area contributed by atoms with Gasteiger partial charge in [-0.2, -0.15) is 0 Å². The second-order valence-electron chi connectivity index (χ2n) is 9.23. The SMILES string of the molecule is CCOC(=O)COCCn1c(=O)c2cc(F)c(NC3CCCCC3)cc2n(C2CCCC2)c1=O. The van der Waals surface area contributed by atoms with Crippen LogP contribution in [0.15, 0.2) is 21.7 Å². The van der Waals surface area contributed by atoms with Crippen LogP contribution in [-0.2, 0) is 20.8 Å². The van der Waals surface area contributed by atoms with Gasteiger partial charge in [0, 0.05) is 12.1 Å². The van der Waals surface area contributed by atoms with Crippen molar-refractivity contribution in [2.45, 2.75) is 83.3 Å². The van der Waals surface area contributed by atoms with Crippen molar-refractivity contribution in [3.63, 3.8) is 0 Å². The van der Waals surface area contributed by atoms with Gasteiger partial charge in [-0.1, -0.05) is 32.1 Å². The maximum absolute atomic E-state index is 15.1. The van der Waals surface area contributed by atoms with E-state index in [1.807, 2.05) is 0 Å². The summed E-state index contributed by atoms with van der Waals surface area (Å²) >= 11 is 0. The molecule has 1 aromatic carbocycles. The van der Waals surface area contributed by atoms with Crippen LogP contribution in [0.1, 0.15) is 70.8 Å². The van der Waals surface area contributed by atoms with Gasteiger partial charge in [0.15, 0.2) is 0 Å². The van der Waals surface area contributed by atoms with Crippen LogP contribution in [0.25, 0.3) is 10.9 Å². The van der Waals surface area contributed by atoms with Crippen molar-refractivity contribution in [2.75, 3.05) is 25.1 Å². The van der Waals surface area contributed by atoms with Gasteiger partial charge in [-0.05, 0) is 44.7 Å². The molecule has 2 aliphatic rings. The second kappa shape index (κ2) is 11.2. The zero-order valence-electron chi connectivity index (χ0n) is 19.8. The predicted molar refractivity (Wildman–Crippen MR) is 128 cm³/mol. The molecule has 0 saturated heterocycles. The molecule has 2 aromatic rings. The van der Waals surface area contributed by atoms with Gasteiger partial charge in [-0.15, -0.1) is 0 Å². The minimum atomic E-state index is -0.544. The Morgan fingerprint density at radius 3 is 2.50 bits per heavy atom. The van der Waals surface area contributed by atoms with E-state index >= 15 is 4.39 Å². The molecule has 2 fully saturated rings. The number of halogens is 1. The van der Waals surface area contributed by atoms with Gasteiger partial charge in [0.2, 0.25) is 0 Å². The first-order chi connectivity index (χ1) is 16.5. The summed E-state index contributed by atoms with van der Waals surface area (Å²) in [5, 5.41) is 3.50. The molecule has 186 valence electrons. The van der Waals surface area contributed by atoms with Crippen LogP contribution < -0.4 is 16.6 Å². The van der Waals surface area contributed by atoms with Gasteiger partial charge >= 0.3 is 11.7 Å². The topological polar surface area (TPSA) is 91.6 Å². The molecule has 4 rings (SSSR count). The van der Waals surface area contributed by atoms with Crippen LogP contribution >= 0.6 is 0 Å². The van der Waals surface area contributed by atoms with E-state index < -0.39 is 23.0 Å². The van der Waals surface area contributed by atoms with Gasteiger partial charge in [-0.25, -0.2) is 14.0 Å². The minimum absolute atomic E-state index is 0.00602. The van der Waals surface area contributed by atoms with Crippen molar-refractivity contribution < 1.29 is 18.7 Å². The molecular formula is C25H34FN3O5. The van der Waals surface area contributed by atoms with Gasteiger partial charge in [0.25, 0.3) is 5.56 Å². The molecule has 8 nitrogen and oxygen atoms in total. The summed E-state index contributed by atoms with van der Waals surface area (Å²) in [5.41, 5.74) is -0.137. The number of rotatable bonds is 9. The fraction of sp³-hybridized carbons (Fsp3) is 0.640. The van der Waals surface area contributed by atoms with E-state index in [2.05, 4.69) is 5.32 Å². The summed E-state index contributed by atoms with van der Waals surface area (Å²) in [5.74, 6) is -0.992. The molecule has 2 aliphatic carbocycles. The number of ether oxygens (including phenoxy) is 2. The number of hydrogen-bond donors (Lipinski definition) is 1. The van der Waals surface area contributed by atoms with Crippen LogP contribution in [0.4, 0.5) is 10.1 Å². The Morgan fingerprint density at radius 1 is 1.09 bits per heavy atom. The molecule has 0 amide bonds. The van der Waals surface area contributed by atoms with Gasteiger partial charge in [0.1, 0.15) is 12.4 Å². The maximum atomic E-state index is 15.1. The molecule has 2 saturated carbocycles. The van der Waals surface area contributed by atoms with Crippen LogP contribution in [0, 0.1) is 5.82 Å². The third kappa shape index (κ3) is 5.35. The van der Waals surface area contributed by atoms with Gasteiger partial charge < -0.3 is 14.8 Å². The number of aromatic nitrogens is 2. The van der Waals surface area contributed by atoms with Crippen molar-refractivity contribution >= 4 is 22.6 Å². The van der Waals surface area contributed by atoms with Crippen LogP contribution in [0.2, 0.25) is 0 Å². The predicted octanol–water partition coefficient (Wildman–Crippen LogP) is 3.74.